The Kier molecular flexibility index (Phi) is 8.27. The number of hydrogen-bond acceptors (Lipinski definition) is 4. The van der Waals surface area contributed by atoms with Crippen LogP contribution in [0.25, 0.3) is 0 Å². The SMILES string of the molecule is CCCNC(C)(CCN(C)C1CCCCC1)C(=O)OCC. The van der Waals surface area contributed by atoms with Gasteiger partial charge in [-0.2, -0.15) is 0 Å². The first kappa shape index (κ1) is 18.4. The van der Waals surface area contributed by atoms with Crippen LogP contribution in [0, 0.1) is 0 Å². The quantitative estimate of drug-likeness (QED) is 0.665. The van der Waals surface area contributed by atoms with Gasteiger partial charge >= 0.3 is 5.97 Å². The minimum absolute atomic E-state index is 0.115. The summed E-state index contributed by atoms with van der Waals surface area (Å²) >= 11 is 0. The number of carbonyl (C=O) groups excluding carboxylic acids is 1. The summed E-state index contributed by atoms with van der Waals surface area (Å²) in [5, 5.41) is 3.39. The first-order valence-electron chi connectivity index (χ1n) is 8.66. The van der Waals surface area contributed by atoms with Crippen molar-refractivity contribution in [1.82, 2.24) is 10.2 Å². The lowest BCUT2D eigenvalue weighted by Gasteiger charge is -2.35. The molecule has 21 heavy (non-hydrogen) atoms. The highest BCUT2D eigenvalue weighted by molar-refractivity contribution is 5.80. The molecule has 1 unspecified atom stereocenters. The summed E-state index contributed by atoms with van der Waals surface area (Å²) in [6.45, 7) is 8.20. The van der Waals surface area contributed by atoms with Crippen molar-refractivity contribution < 1.29 is 9.53 Å². The van der Waals surface area contributed by atoms with Crippen molar-refractivity contribution in [1.29, 1.82) is 0 Å². The Morgan fingerprint density at radius 3 is 2.52 bits per heavy atom. The highest BCUT2D eigenvalue weighted by atomic mass is 16.5. The van der Waals surface area contributed by atoms with Crippen molar-refractivity contribution in [2.24, 2.45) is 0 Å². The van der Waals surface area contributed by atoms with Gasteiger partial charge < -0.3 is 15.0 Å². The van der Waals surface area contributed by atoms with Crippen molar-refractivity contribution in [2.45, 2.75) is 77.3 Å². The molecule has 1 N–H and O–H groups in total. The number of hydrogen-bond donors (Lipinski definition) is 1. The molecule has 0 aliphatic heterocycles. The van der Waals surface area contributed by atoms with Crippen molar-refractivity contribution in [3.63, 3.8) is 0 Å². The molecule has 4 nitrogen and oxygen atoms in total. The Balaban J connectivity index is 2.52. The zero-order valence-electron chi connectivity index (χ0n) is 14.4. The fraction of sp³-hybridized carbons (Fsp3) is 0.941. The minimum atomic E-state index is -0.561. The predicted octanol–water partition coefficient (Wildman–Crippen LogP) is 2.96. The second kappa shape index (κ2) is 9.42. The van der Waals surface area contributed by atoms with Gasteiger partial charge in [-0.1, -0.05) is 26.2 Å². The van der Waals surface area contributed by atoms with Gasteiger partial charge in [0.1, 0.15) is 5.54 Å². The molecular formula is C17H34N2O2. The molecule has 0 aromatic heterocycles. The topological polar surface area (TPSA) is 41.6 Å². The zero-order chi connectivity index (χ0) is 15.7. The molecule has 1 aliphatic rings. The fourth-order valence-corrected chi connectivity index (χ4v) is 3.06. The van der Waals surface area contributed by atoms with Gasteiger partial charge in [0.25, 0.3) is 0 Å². The van der Waals surface area contributed by atoms with Crippen LogP contribution in [0.1, 0.15) is 65.7 Å². The third-order valence-electron chi connectivity index (χ3n) is 4.65. The molecule has 0 radical (unpaired) electrons. The van der Waals surface area contributed by atoms with Crippen LogP contribution in [0.3, 0.4) is 0 Å². The Labute approximate surface area is 130 Å². The van der Waals surface area contributed by atoms with Gasteiger partial charge in [-0.15, -0.1) is 0 Å². The highest BCUT2D eigenvalue weighted by Gasteiger charge is 2.34. The van der Waals surface area contributed by atoms with Crippen molar-refractivity contribution >= 4 is 5.97 Å². The summed E-state index contributed by atoms with van der Waals surface area (Å²) in [4.78, 5) is 14.7. The van der Waals surface area contributed by atoms with Gasteiger partial charge in [0.05, 0.1) is 6.61 Å². The summed E-state index contributed by atoms with van der Waals surface area (Å²) in [5.74, 6) is -0.115. The number of carbonyl (C=O) groups is 1. The molecule has 1 atom stereocenters. The van der Waals surface area contributed by atoms with Crippen LogP contribution >= 0.6 is 0 Å². The molecule has 1 fully saturated rings. The Morgan fingerprint density at radius 1 is 1.29 bits per heavy atom. The number of esters is 1. The molecule has 1 saturated carbocycles. The van der Waals surface area contributed by atoms with E-state index in [9.17, 15) is 4.79 Å². The van der Waals surface area contributed by atoms with E-state index in [0.717, 1.165) is 25.9 Å². The van der Waals surface area contributed by atoms with Gasteiger partial charge in [-0.3, -0.25) is 4.79 Å². The van der Waals surface area contributed by atoms with E-state index in [1.54, 1.807) is 0 Å². The van der Waals surface area contributed by atoms with Crippen molar-refractivity contribution in [3.05, 3.63) is 0 Å². The lowest BCUT2D eigenvalue weighted by Crippen LogP contribution is -2.53. The second-order valence-corrected chi connectivity index (χ2v) is 6.50. The fourth-order valence-electron chi connectivity index (χ4n) is 3.06. The second-order valence-electron chi connectivity index (χ2n) is 6.50. The van der Waals surface area contributed by atoms with Crippen LogP contribution in [0.2, 0.25) is 0 Å². The maximum Gasteiger partial charge on any atom is 0.326 e. The predicted molar refractivity (Wildman–Crippen MR) is 87.5 cm³/mol. The lowest BCUT2D eigenvalue weighted by atomic mass is 9.92. The van der Waals surface area contributed by atoms with E-state index >= 15 is 0 Å². The Morgan fingerprint density at radius 2 is 1.95 bits per heavy atom. The number of nitrogens with zero attached hydrogens (tertiary/aromatic N) is 1. The van der Waals surface area contributed by atoms with Crippen LogP contribution in [0.5, 0.6) is 0 Å². The summed E-state index contributed by atoms with van der Waals surface area (Å²) in [6.07, 6.45) is 8.50. The van der Waals surface area contributed by atoms with Gasteiger partial charge in [-0.25, -0.2) is 0 Å². The van der Waals surface area contributed by atoms with Crippen LogP contribution in [0.4, 0.5) is 0 Å². The van der Waals surface area contributed by atoms with Crippen molar-refractivity contribution in [3.8, 4) is 0 Å². The van der Waals surface area contributed by atoms with Crippen LogP contribution < -0.4 is 5.32 Å². The molecule has 0 amide bonds. The standard InChI is InChI=1S/C17H34N2O2/c1-5-13-18-17(3,16(20)21-6-2)12-14-19(4)15-10-8-7-9-11-15/h15,18H,5-14H2,1-4H3. The van der Waals surface area contributed by atoms with Gasteiger partial charge in [0.15, 0.2) is 0 Å². The first-order valence-corrected chi connectivity index (χ1v) is 8.66. The summed E-state index contributed by atoms with van der Waals surface area (Å²) in [5.41, 5.74) is -0.561. The van der Waals surface area contributed by atoms with Crippen LogP contribution in [-0.2, 0) is 9.53 Å². The minimum Gasteiger partial charge on any atom is -0.465 e. The average Bonchev–Trinajstić information content (AvgIpc) is 2.51. The van der Waals surface area contributed by atoms with E-state index in [2.05, 4.69) is 24.2 Å². The molecule has 124 valence electrons. The lowest BCUT2D eigenvalue weighted by molar-refractivity contribution is -0.151. The van der Waals surface area contributed by atoms with E-state index < -0.39 is 5.54 Å². The smallest absolute Gasteiger partial charge is 0.326 e. The zero-order valence-corrected chi connectivity index (χ0v) is 14.4. The first-order chi connectivity index (χ1) is 10.0. The van der Waals surface area contributed by atoms with Gasteiger partial charge in [0, 0.05) is 12.6 Å². The summed E-state index contributed by atoms with van der Waals surface area (Å²) in [6, 6.07) is 0.691. The van der Waals surface area contributed by atoms with Crippen molar-refractivity contribution in [2.75, 3.05) is 26.7 Å². The summed E-state index contributed by atoms with van der Waals surface area (Å²) < 4.78 is 5.26. The van der Waals surface area contributed by atoms with E-state index in [-0.39, 0.29) is 5.97 Å². The van der Waals surface area contributed by atoms with Gasteiger partial charge in [-0.05, 0) is 53.1 Å². The normalized spacial score (nSPS) is 19.5. The molecule has 0 saturated heterocycles. The van der Waals surface area contributed by atoms with E-state index in [0.29, 0.717) is 12.6 Å². The molecule has 0 aromatic carbocycles. The average molecular weight is 298 g/mol. The number of nitrogens with one attached hydrogen (secondary N) is 1. The summed E-state index contributed by atoms with van der Waals surface area (Å²) in [7, 11) is 2.20. The molecule has 1 rings (SSSR count). The Bertz CT molecular complexity index is 303. The van der Waals surface area contributed by atoms with E-state index in [4.69, 9.17) is 4.74 Å². The monoisotopic (exact) mass is 298 g/mol. The van der Waals surface area contributed by atoms with E-state index in [1.807, 2.05) is 13.8 Å². The molecule has 0 aromatic rings. The molecule has 0 bridgehead atoms. The number of ether oxygens (including phenoxy) is 1. The Hall–Kier alpha value is -0.610. The molecule has 0 heterocycles. The van der Waals surface area contributed by atoms with Crippen LogP contribution in [0.15, 0.2) is 0 Å². The third-order valence-corrected chi connectivity index (χ3v) is 4.65. The maximum absolute atomic E-state index is 12.3. The maximum atomic E-state index is 12.3. The highest BCUT2D eigenvalue weighted by Crippen LogP contribution is 2.23. The number of rotatable bonds is 9. The molecule has 1 aliphatic carbocycles. The third kappa shape index (κ3) is 5.95. The molecule has 0 spiro atoms. The van der Waals surface area contributed by atoms with Gasteiger partial charge in [0.2, 0.25) is 0 Å². The molecular weight excluding hydrogens is 264 g/mol. The van der Waals surface area contributed by atoms with E-state index in [1.165, 1.54) is 32.1 Å². The molecule has 4 heteroatoms. The van der Waals surface area contributed by atoms with Crippen LogP contribution in [-0.4, -0.2) is 49.2 Å². The largest absolute Gasteiger partial charge is 0.465 e.